The Hall–Kier alpha value is -2.36. The van der Waals surface area contributed by atoms with Gasteiger partial charge in [0, 0.05) is 24.0 Å². The SMILES string of the molecule is O=CCn1ccn2nc(-c3ccccc3)cc12. The molecule has 84 valence electrons. The molecule has 0 radical (unpaired) electrons. The van der Waals surface area contributed by atoms with Gasteiger partial charge in [-0.05, 0) is 0 Å². The summed E-state index contributed by atoms with van der Waals surface area (Å²) in [4.78, 5) is 10.5. The molecule has 0 saturated carbocycles. The van der Waals surface area contributed by atoms with Gasteiger partial charge in [0.2, 0.25) is 0 Å². The van der Waals surface area contributed by atoms with E-state index < -0.39 is 0 Å². The number of nitrogens with zero attached hydrogens (tertiary/aromatic N) is 3. The first-order valence-corrected chi connectivity index (χ1v) is 5.42. The van der Waals surface area contributed by atoms with E-state index in [1.807, 2.05) is 53.4 Å². The molecule has 0 aliphatic heterocycles. The van der Waals surface area contributed by atoms with E-state index >= 15 is 0 Å². The van der Waals surface area contributed by atoms with Gasteiger partial charge in [-0.3, -0.25) is 0 Å². The maximum atomic E-state index is 10.5. The summed E-state index contributed by atoms with van der Waals surface area (Å²) in [6, 6.07) is 12.0. The van der Waals surface area contributed by atoms with Gasteiger partial charge in [0.1, 0.15) is 11.9 Å². The van der Waals surface area contributed by atoms with Gasteiger partial charge in [-0.1, -0.05) is 30.3 Å². The van der Waals surface area contributed by atoms with Crippen LogP contribution in [0.1, 0.15) is 0 Å². The molecule has 4 heteroatoms. The topological polar surface area (TPSA) is 39.3 Å². The molecule has 0 aliphatic carbocycles. The van der Waals surface area contributed by atoms with Crippen LogP contribution in [0, 0.1) is 0 Å². The van der Waals surface area contributed by atoms with E-state index in [0.29, 0.717) is 6.54 Å². The van der Waals surface area contributed by atoms with Gasteiger partial charge in [0.25, 0.3) is 0 Å². The number of hydrogen-bond donors (Lipinski definition) is 0. The van der Waals surface area contributed by atoms with Crippen LogP contribution < -0.4 is 0 Å². The number of rotatable bonds is 3. The van der Waals surface area contributed by atoms with Gasteiger partial charge in [-0.2, -0.15) is 5.10 Å². The Morgan fingerprint density at radius 1 is 1.18 bits per heavy atom. The van der Waals surface area contributed by atoms with Gasteiger partial charge < -0.3 is 9.36 Å². The summed E-state index contributed by atoms with van der Waals surface area (Å²) in [5.74, 6) is 0. The van der Waals surface area contributed by atoms with Crippen LogP contribution in [0.25, 0.3) is 16.9 Å². The molecule has 0 saturated heterocycles. The number of benzene rings is 1. The molecule has 0 bridgehead atoms. The molecule has 0 unspecified atom stereocenters. The van der Waals surface area contributed by atoms with Crippen LogP contribution in [0.4, 0.5) is 0 Å². The van der Waals surface area contributed by atoms with Crippen molar-refractivity contribution in [1.29, 1.82) is 0 Å². The van der Waals surface area contributed by atoms with Gasteiger partial charge in [0.15, 0.2) is 0 Å². The second-order valence-corrected chi connectivity index (χ2v) is 3.82. The summed E-state index contributed by atoms with van der Waals surface area (Å²) in [6.45, 7) is 0.358. The largest absolute Gasteiger partial charge is 0.324 e. The molecule has 17 heavy (non-hydrogen) atoms. The van der Waals surface area contributed by atoms with Crippen molar-refractivity contribution in [2.45, 2.75) is 6.54 Å². The lowest BCUT2D eigenvalue weighted by Gasteiger charge is -1.94. The lowest BCUT2D eigenvalue weighted by Crippen LogP contribution is -1.96. The number of fused-ring (bicyclic) bond motifs is 1. The third kappa shape index (κ3) is 1.63. The normalized spacial score (nSPS) is 10.8. The van der Waals surface area contributed by atoms with E-state index in [9.17, 15) is 4.79 Å². The highest BCUT2D eigenvalue weighted by Gasteiger charge is 2.07. The minimum atomic E-state index is 0.358. The summed E-state index contributed by atoms with van der Waals surface area (Å²) in [5, 5.41) is 4.47. The fraction of sp³-hybridized carbons (Fsp3) is 0.0769. The Morgan fingerprint density at radius 2 is 2.00 bits per heavy atom. The number of aromatic nitrogens is 3. The monoisotopic (exact) mass is 225 g/mol. The van der Waals surface area contributed by atoms with E-state index in [-0.39, 0.29) is 0 Å². The maximum Gasteiger partial charge on any atom is 0.139 e. The Bertz CT molecular complexity index is 652. The van der Waals surface area contributed by atoms with Crippen LogP contribution in [0.15, 0.2) is 48.8 Å². The lowest BCUT2D eigenvalue weighted by atomic mass is 10.2. The highest BCUT2D eigenvalue weighted by Crippen LogP contribution is 2.19. The summed E-state index contributed by atoms with van der Waals surface area (Å²) < 4.78 is 3.65. The fourth-order valence-electron chi connectivity index (χ4n) is 1.91. The molecule has 2 aromatic heterocycles. The average molecular weight is 225 g/mol. The minimum Gasteiger partial charge on any atom is -0.324 e. The fourth-order valence-corrected chi connectivity index (χ4v) is 1.91. The molecular weight excluding hydrogens is 214 g/mol. The zero-order valence-corrected chi connectivity index (χ0v) is 9.15. The van der Waals surface area contributed by atoms with Crippen molar-refractivity contribution >= 4 is 11.9 Å². The summed E-state index contributed by atoms with van der Waals surface area (Å²) in [5.41, 5.74) is 2.92. The van der Waals surface area contributed by atoms with Crippen LogP contribution in [0.5, 0.6) is 0 Å². The molecule has 2 heterocycles. The molecule has 0 aliphatic rings. The summed E-state index contributed by atoms with van der Waals surface area (Å²) in [7, 11) is 0. The van der Waals surface area contributed by atoms with Crippen LogP contribution in [-0.2, 0) is 11.3 Å². The van der Waals surface area contributed by atoms with Crippen molar-refractivity contribution < 1.29 is 4.79 Å². The lowest BCUT2D eigenvalue weighted by molar-refractivity contribution is -0.108. The number of carbonyl (C=O) groups excluding carboxylic acids is 1. The second-order valence-electron chi connectivity index (χ2n) is 3.82. The van der Waals surface area contributed by atoms with Crippen LogP contribution in [0.2, 0.25) is 0 Å². The van der Waals surface area contributed by atoms with Crippen LogP contribution >= 0.6 is 0 Å². The Kier molecular flexibility index (Phi) is 2.26. The first-order valence-electron chi connectivity index (χ1n) is 5.42. The minimum absolute atomic E-state index is 0.358. The first-order chi connectivity index (χ1) is 8.38. The Morgan fingerprint density at radius 3 is 2.76 bits per heavy atom. The van der Waals surface area contributed by atoms with E-state index in [1.165, 1.54) is 0 Å². The van der Waals surface area contributed by atoms with Crippen molar-refractivity contribution in [3.05, 3.63) is 48.8 Å². The smallest absolute Gasteiger partial charge is 0.139 e. The summed E-state index contributed by atoms with van der Waals surface area (Å²) in [6.07, 6.45) is 4.59. The maximum absolute atomic E-state index is 10.5. The molecule has 0 spiro atoms. The van der Waals surface area contributed by atoms with Crippen molar-refractivity contribution in [1.82, 2.24) is 14.2 Å². The van der Waals surface area contributed by atoms with Gasteiger partial charge >= 0.3 is 0 Å². The van der Waals surface area contributed by atoms with E-state index in [1.54, 1.807) is 4.52 Å². The van der Waals surface area contributed by atoms with Gasteiger partial charge in [-0.25, -0.2) is 4.52 Å². The number of aldehydes is 1. The van der Waals surface area contributed by atoms with E-state index in [4.69, 9.17) is 0 Å². The summed E-state index contributed by atoms with van der Waals surface area (Å²) >= 11 is 0. The van der Waals surface area contributed by atoms with Crippen molar-refractivity contribution in [3.63, 3.8) is 0 Å². The Balaban J connectivity index is 2.11. The zero-order chi connectivity index (χ0) is 11.7. The van der Waals surface area contributed by atoms with E-state index in [2.05, 4.69) is 5.10 Å². The zero-order valence-electron chi connectivity index (χ0n) is 9.15. The standard InChI is InChI=1S/C13H11N3O/c17-9-8-15-6-7-16-13(15)10-12(14-16)11-4-2-1-3-5-11/h1-7,9-10H,8H2. The molecule has 0 amide bonds. The molecule has 3 aromatic rings. The molecule has 0 atom stereocenters. The predicted octanol–water partition coefficient (Wildman–Crippen LogP) is 2.00. The molecule has 0 N–H and O–H groups in total. The van der Waals surface area contributed by atoms with Gasteiger partial charge in [-0.15, -0.1) is 0 Å². The number of carbonyl (C=O) groups is 1. The van der Waals surface area contributed by atoms with Crippen molar-refractivity contribution in [2.24, 2.45) is 0 Å². The quantitative estimate of drug-likeness (QED) is 0.639. The second kappa shape index (κ2) is 3.90. The average Bonchev–Trinajstić information content (AvgIpc) is 2.93. The van der Waals surface area contributed by atoms with Crippen LogP contribution in [-0.4, -0.2) is 20.5 Å². The van der Waals surface area contributed by atoms with Crippen molar-refractivity contribution in [3.8, 4) is 11.3 Å². The first kappa shape index (κ1) is 9.84. The number of hydrogen-bond acceptors (Lipinski definition) is 2. The molecule has 3 rings (SSSR count). The third-order valence-corrected chi connectivity index (χ3v) is 2.74. The highest BCUT2D eigenvalue weighted by molar-refractivity contribution is 5.65. The third-order valence-electron chi connectivity index (χ3n) is 2.74. The molecule has 4 nitrogen and oxygen atoms in total. The van der Waals surface area contributed by atoms with Crippen molar-refractivity contribution in [2.75, 3.05) is 0 Å². The highest BCUT2D eigenvalue weighted by atomic mass is 16.1. The molecular formula is C13H11N3O. The molecule has 0 fully saturated rings. The predicted molar refractivity (Wildman–Crippen MR) is 64.7 cm³/mol. The van der Waals surface area contributed by atoms with Gasteiger partial charge in [0.05, 0.1) is 12.2 Å². The molecule has 1 aromatic carbocycles. The Labute approximate surface area is 98.1 Å². The van der Waals surface area contributed by atoms with Crippen LogP contribution in [0.3, 0.4) is 0 Å². The van der Waals surface area contributed by atoms with E-state index in [0.717, 1.165) is 23.2 Å². The number of imidazole rings is 1.